The van der Waals surface area contributed by atoms with E-state index < -0.39 is 10.0 Å². The van der Waals surface area contributed by atoms with E-state index in [1.165, 1.54) is 0 Å². The molecule has 3 rings (SSSR count). The zero-order valence-corrected chi connectivity index (χ0v) is 16.6. The normalized spacial score (nSPS) is 15.4. The Morgan fingerprint density at radius 3 is 2.33 bits per heavy atom. The van der Waals surface area contributed by atoms with Crippen LogP contribution in [0.1, 0.15) is 30.4 Å². The summed E-state index contributed by atoms with van der Waals surface area (Å²) in [6.45, 7) is 1.52. The van der Waals surface area contributed by atoms with Gasteiger partial charge in [-0.05, 0) is 42.2 Å². The Morgan fingerprint density at radius 2 is 1.67 bits per heavy atom. The predicted octanol–water partition coefficient (Wildman–Crippen LogP) is 3.37. The van der Waals surface area contributed by atoms with Crippen LogP contribution >= 0.6 is 11.6 Å². The van der Waals surface area contributed by atoms with Gasteiger partial charge in [-0.15, -0.1) is 0 Å². The molecule has 0 saturated carbocycles. The fourth-order valence-electron chi connectivity index (χ4n) is 3.12. The number of nitrogens with zero attached hydrogens (tertiary/aromatic N) is 1. The first-order valence-corrected chi connectivity index (χ1v) is 10.9. The summed E-state index contributed by atoms with van der Waals surface area (Å²) in [6, 6.07) is 13.9. The molecular weight excluding hydrogens is 384 g/mol. The molecule has 0 aromatic heterocycles. The Bertz CT molecular complexity index is 892. The highest BCUT2D eigenvalue weighted by molar-refractivity contribution is 7.89. The van der Waals surface area contributed by atoms with Crippen LogP contribution in [-0.4, -0.2) is 31.7 Å². The molecule has 1 N–H and O–H groups in total. The van der Waals surface area contributed by atoms with Gasteiger partial charge in [0.1, 0.15) is 0 Å². The summed E-state index contributed by atoms with van der Waals surface area (Å²) in [6.07, 6.45) is 3.08. The molecular formula is C20H23ClN2O3S. The number of rotatable bonds is 6. The zero-order chi connectivity index (χ0) is 19.3. The van der Waals surface area contributed by atoms with Gasteiger partial charge in [-0.2, -0.15) is 4.31 Å². The summed E-state index contributed by atoms with van der Waals surface area (Å²) >= 11 is 6.08. The number of carbonyl (C=O) groups is 1. The van der Waals surface area contributed by atoms with Crippen molar-refractivity contribution in [3.63, 3.8) is 0 Å². The molecule has 0 aliphatic carbocycles. The molecule has 1 heterocycles. The molecule has 5 nitrogen and oxygen atoms in total. The first kappa shape index (κ1) is 19.9. The third-order valence-corrected chi connectivity index (χ3v) is 6.96. The molecule has 0 atom stereocenters. The molecule has 0 bridgehead atoms. The van der Waals surface area contributed by atoms with Gasteiger partial charge in [-0.1, -0.05) is 48.4 Å². The molecule has 144 valence electrons. The van der Waals surface area contributed by atoms with Gasteiger partial charge < -0.3 is 5.32 Å². The van der Waals surface area contributed by atoms with Crippen molar-refractivity contribution in [2.45, 2.75) is 37.1 Å². The Labute approximate surface area is 165 Å². The molecule has 1 saturated heterocycles. The topological polar surface area (TPSA) is 66.5 Å². The molecule has 1 fully saturated rings. The van der Waals surface area contributed by atoms with E-state index in [0.29, 0.717) is 24.7 Å². The Hall–Kier alpha value is -1.89. The number of carbonyl (C=O) groups excluding carboxylic acids is 1. The molecule has 0 radical (unpaired) electrons. The van der Waals surface area contributed by atoms with Crippen molar-refractivity contribution in [1.82, 2.24) is 9.62 Å². The number of piperidine rings is 1. The standard InChI is InChI=1S/C20H23ClN2O3S/c21-19-7-3-2-6-17(19)15-22-20(24)14-16-8-10-18(11-9-16)27(25,26)23-12-4-1-5-13-23/h2-3,6-11H,1,4-5,12-15H2,(H,22,24). The summed E-state index contributed by atoms with van der Waals surface area (Å²) in [5.41, 5.74) is 1.62. The number of benzene rings is 2. The SMILES string of the molecule is O=C(Cc1ccc(S(=O)(=O)N2CCCCC2)cc1)NCc1ccccc1Cl. The van der Waals surface area contributed by atoms with Crippen molar-refractivity contribution in [3.05, 3.63) is 64.7 Å². The summed E-state index contributed by atoms with van der Waals surface area (Å²) in [7, 11) is -3.44. The van der Waals surface area contributed by atoms with Gasteiger partial charge >= 0.3 is 0 Å². The molecule has 1 aliphatic rings. The average Bonchev–Trinajstić information content (AvgIpc) is 2.68. The van der Waals surface area contributed by atoms with Gasteiger partial charge in [-0.25, -0.2) is 8.42 Å². The minimum atomic E-state index is -3.44. The van der Waals surface area contributed by atoms with Crippen LogP contribution in [0.3, 0.4) is 0 Å². The smallest absolute Gasteiger partial charge is 0.243 e. The van der Waals surface area contributed by atoms with E-state index in [1.807, 2.05) is 18.2 Å². The number of hydrogen-bond acceptors (Lipinski definition) is 3. The van der Waals surface area contributed by atoms with Gasteiger partial charge in [0.05, 0.1) is 11.3 Å². The largest absolute Gasteiger partial charge is 0.352 e. The lowest BCUT2D eigenvalue weighted by Crippen LogP contribution is -2.35. The third-order valence-electron chi connectivity index (χ3n) is 4.67. The molecule has 0 spiro atoms. The van der Waals surface area contributed by atoms with E-state index in [2.05, 4.69) is 5.32 Å². The quantitative estimate of drug-likeness (QED) is 0.799. The molecule has 0 unspecified atom stereocenters. The van der Waals surface area contributed by atoms with Gasteiger partial charge in [0.15, 0.2) is 0 Å². The highest BCUT2D eigenvalue weighted by Gasteiger charge is 2.25. The predicted molar refractivity (Wildman–Crippen MR) is 106 cm³/mol. The second-order valence-corrected chi connectivity index (χ2v) is 9.00. The first-order valence-electron chi connectivity index (χ1n) is 9.06. The number of hydrogen-bond donors (Lipinski definition) is 1. The van der Waals surface area contributed by atoms with Crippen LogP contribution in [0.25, 0.3) is 0 Å². The maximum Gasteiger partial charge on any atom is 0.243 e. The van der Waals surface area contributed by atoms with Crippen molar-refractivity contribution in [2.75, 3.05) is 13.1 Å². The van der Waals surface area contributed by atoms with Crippen molar-refractivity contribution in [2.24, 2.45) is 0 Å². The lowest BCUT2D eigenvalue weighted by molar-refractivity contribution is -0.120. The monoisotopic (exact) mass is 406 g/mol. The maximum absolute atomic E-state index is 12.6. The summed E-state index contributed by atoms with van der Waals surface area (Å²) in [5, 5.41) is 3.45. The number of sulfonamides is 1. The van der Waals surface area contributed by atoms with Crippen LogP contribution in [0.5, 0.6) is 0 Å². The first-order chi connectivity index (χ1) is 13.0. The fraction of sp³-hybridized carbons (Fsp3) is 0.350. The minimum Gasteiger partial charge on any atom is -0.352 e. The van der Waals surface area contributed by atoms with E-state index in [0.717, 1.165) is 30.4 Å². The van der Waals surface area contributed by atoms with Crippen LogP contribution in [0.2, 0.25) is 5.02 Å². The van der Waals surface area contributed by atoms with Crippen molar-refractivity contribution in [3.8, 4) is 0 Å². The van der Waals surface area contributed by atoms with E-state index in [1.54, 1.807) is 34.6 Å². The maximum atomic E-state index is 12.6. The van der Waals surface area contributed by atoms with Crippen LogP contribution < -0.4 is 5.32 Å². The molecule has 1 amide bonds. The van der Waals surface area contributed by atoms with Gasteiger partial charge in [0.2, 0.25) is 15.9 Å². The van der Waals surface area contributed by atoms with E-state index in [-0.39, 0.29) is 17.2 Å². The summed E-state index contributed by atoms with van der Waals surface area (Å²) < 4.78 is 26.8. The average molecular weight is 407 g/mol. The van der Waals surface area contributed by atoms with Gasteiger partial charge in [0.25, 0.3) is 0 Å². The van der Waals surface area contributed by atoms with Crippen molar-refractivity contribution < 1.29 is 13.2 Å². The number of amides is 1. The van der Waals surface area contributed by atoms with Crippen LogP contribution in [-0.2, 0) is 27.8 Å². The van der Waals surface area contributed by atoms with E-state index in [4.69, 9.17) is 11.6 Å². The van der Waals surface area contributed by atoms with E-state index in [9.17, 15) is 13.2 Å². The van der Waals surface area contributed by atoms with Crippen LogP contribution in [0, 0.1) is 0 Å². The Kier molecular flexibility index (Phi) is 6.52. The van der Waals surface area contributed by atoms with Crippen LogP contribution in [0.4, 0.5) is 0 Å². The molecule has 27 heavy (non-hydrogen) atoms. The summed E-state index contributed by atoms with van der Waals surface area (Å²) in [5.74, 6) is -0.137. The molecule has 1 aliphatic heterocycles. The third kappa shape index (κ3) is 5.09. The summed E-state index contributed by atoms with van der Waals surface area (Å²) in [4.78, 5) is 12.4. The van der Waals surface area contributed by atoms with Gasteiger partial charge in [0, 0.05) is 24.7 Å². The number of halogens is 1. The highest BCUT2D eigenvalue weighted by Crippen LogP contribution is 2.21. The minimum absolute atomic E-state index is 0.137. The molecule has 2 aromatic rings. The fourth-order valence-corrected chi connectivity index (χ4v) is 4.84. The van der Waals surface area contributed by atoms with Crippen molar-refractivity contribution >= 4 is 27.5 Å². The Balaban J connectivity index is 1.58. The van der Waals surface area contributed by atoms with E-state index >= 15 is 0 Å². The Morgan fingerprint density at radius 1 is 1.00 bits per heavy atom. The zero-order valence-electron chi connectivity index (χ0n) is 15.0. The second-order valence-electron chi connectivity index (χ2n) is 6.65. The molecule has 2 aromatic carbocycles. The highest BCUT2D eigenvalue weighted by atomic mass is 35.5. The van der Waals surface area contributed by atoms with Crippen LogP contribution in [0.15, 0.2) is 53.4 Å². The van der Waals surface area contributed by atoms with Crippen molar-refractivity contribution in [1.29, 1.82) is 0 Å². The van der Waals surface area contributed by atoms with Gasteiger partial charge in [-0.3, -0.25) is 4.79 Å². The molecule has 7 heteroatoms. The second kappa shape index (κ2) is 8.87. The lowest BCUT2D eigenvalue weighted by Gasteiger charge is -2.25. The number of nitrogens with one attached hydrogen (secondary N) is 1. The lowest BCUT2D eigenvalue weighted by atomic mass is 10.1.